The molecule has 1 aromatic heterocycles. The predicted molar refractivity (Wildman–Crippen MR) is 78.7 cm³/mol. The number of pyridine rings is 1. The molecule has 0 amide bonds. The van der Waals surface area contributed by atoms with Gasteiger partial charge in [-0.05, 0) is 43.7 Å². The molecule has 4 heteroatoms. The van der Waals surface area contributed by atoms with Crippen LogP contribution in [0.25, 0.3) is 0 Å². The molecule has 0 aliphatic carbocycles. The van der Waals surface area contributed by atoms with Gasteiger partial charge in [-0.25, -0.2) is 0 Å². The molecule has 0 spiro atoms. The number of H-pyrrole nitrogens is 1. The molecule has 2 rings (SSSR count). The molecule has 4 nitrogen and oxygen atoms in total. The Balaban J connectivity index is 2.38. The third kappa shape index (κ3) is 2.66. The lowest BCUT2D eigenvalue weighted by Crippen LogP contribution is -2.37. The van der Waals surface area contributed by atoms with Crippen molar-refractivity contribution in [3.63, 3.8) is 0 Å². The molecule has 1 saturated heterocycles. The minimum absolute atomic E-state index is 0.000191. The molecule has 1 aliphatic heterocycles. The molecule has 1 fully saturated rings. The first-order valence-electron chi connectivity index (χ1n) is 7.14. The molecule has 0 radical (unpaired) electrons. The Labute approximate surface area is 119 Å². The molecule has 0 bridgehead atoms. The highest BCUT2D eigenvalue weighted by Gasteiger charge is 2.37. The number of hydrogen-bond acceptors (Lipinski definition) is 3. The summed E-state index contributed by atoms with van der Waals surface area (Å²) in [6.07, 6.45) is 4.10. The van der Waals surface area contributed by atoms with Crippen LogP contribution < -0.4 is 5.56 Å². The van der Waals surface area contributed by atoms with Gasteiger partial charge in [-0.2, -0.15) is 0 Å². The second-order valence-corrected chi connectivity index (χ2v) is 5.81. The van der Waals surface area contributed by atoms with Crippen molar-refractivity contribution in [1.82, 2.24) is 4.98 Å². The average Bonchev–Trinajstić information content (AvgIpc) is 2.40. The first-order valence-corrected chi connectivity index (χ1v) is 7.14. The second kappa shape index (κ2) is 5.83. The maximum Gasteiger partial charge on any atom is 0.257 e. The van der Waals surface area contributed by atoms with Gasteiger partial charge in [-0.1, -0.05) is 19.9 Å². The number of aromatic nitrogens is 1. The van der Waals surface area contributed by atoms with Gasteiger partial charge in [-0.15, -0.1) is 0 Å². The van der Waals surface area contributed by atoms with Gasteiger partial charge in [0.05, 0.1) is 17.8 Å². The lowest BCUT2D eigenvalue weighted by molar-refractivity contribution is -0.0934. The first-order chi connectivity index (χ1) is 9.45. The molecule has 2 heterocycles. The van der Waals surface area contributed by atoms with Crippen molar-refractivity contribution < 1.29 is 9.84 Å². The van der Waals surface area contributed by atoms with Crippen molar-refractivity contribution >= 4 is 0 Å². The van der Waals surface area contributed by atoms with Gasteiger partial charge in [0.2, 0.25) is 0 Å². The Morgan fingerprint density at radius 3 is 2.75 bits per heavy atom. The summed E-state index contributed by atoms with van der Waals surface area (Å²) in [5, 5.41) is 9.99. The van der Waals surface area contributed by atoms with Crippen LogP contribution in [0.1, 0.15) is 45.8 Å². The van der Waals surface area contributed by atoms with E-state index in [0.717, 1.165) is 6.42 Å². The Morgan fingerprint density at radius 2 is 2.15 bits per heavy atom. The fraction of sp³-hybridized carbons (Fsp3) is 0.562. The number of nitrogens with one attached hydrogen (secondary N) is 1. The van der Waals surface area contributed by atoms with E-state index in [0.29, 0.717) is 11.5 Å². The fourth-order valence-electron chi connectivity index (χ4n) is 3.09. The van der Waals surface area contributed by atoms with E-state index in [1.54, 1.807) is 0 Å². The van der Waals surface area contributed by atoms with Gasteiger partial charge in [0, 0.05) is 6.20 Å². The van der Waals surface area contributed by atoms with E-state index in [1.807, 2.05) is 19.9 Å². The zero-order valence-electron chi connectivity index (χ0n) is 12.5. The van der Waals surface area contributed by atoms with Gasteiger partial charge < -0.3 is 14.8 Å². The van der Waals surface area contributed by atoms with Crippen molar-refractivity contribution in [2.45, 2.75) is 46.3 Å². The van der Waals surface area contributed by atoms with Crippen LogP contribution >= 0.6 is 0 Å². The highest BCUT2D eigenvalue weighted by atomic mass is 16.5. The third-order valence-electron chi connectivity index (χ3n) is 4.24. The molecular weight excluding hydrogens is 254 g/mol. The molecule has 0 unspecified atom stereocenters. The van der Waals surface area contributed by atoms with Crippen molar-refractivity contribution in [2.24, 2.45) is 11.8 Å². The van der Waals surface area contributed by atoms with E-state index in [2.05, 4.69) is 18.8 Å². The first kappa shape index (κ1) is 14.9. The minimum Gasteiger partial charge on any atom is -0.507 e. The summed E-state index contributed by atoms with van der Waals surface area (Å²) in [5.74, 6) is 0.611. The smallest absolute Gasteiger partial charge is 0.257 e. The summed E-state index contributed by atoms with van der Waals surface area (Å²) in [6, 6.07) is 1.50. The summed E-state index contributed by atoms with van der Waals surface area (Å²) in [6.45, 7) is 8.27. The number of rotatable bonds is 2. The molecular formula is C16H23NO3. The predicted octanol–water partition coefficient (Wildman–Crippen LogP) is 3.15. The fourth-order valence-corrected chi connectivity index (χ4v) is 3.09. The summed E-state index contributed by atoms with van der Waals surface area (Å²) >= 11 is 0. The van der Waals surface area contributed by atoms with E-state index < -0.39 is 0 Å². The molecule has 20 heavy (non-hydrogen) atoms. The van der Waals surface area contributed by atoms with E-state index in [4.69, 9.17) is 4.74 Å². The average molecular weight is 277 g/mol. The molecule has 2 N–H and O–H groups in total. The number of aromatic hydroxyl groups is 1. The normalized spacial score (nSPS) is 31.3. The summed E-state index contributed by atoms with van der Waals surface area (Å²) in [5.41, 5.74) is 1.25. The Bertz CT molecular complexity index is 561. The van der Waals surface area contributed by atoms with Gasteiger partial charge in [0.1, 0.15) is 5.75 Å². The van der Waals surface area contributed by atoms with E-state index in [1.165, 1.54) is 17.8 Å². The van der Waals surface area contributed by atoms with Gasteiger partial charge in [0.25, 0.3) is 5.56 Å². The topological polar surface area (TPSA) is 62.3 Å². The van der Waals surface area contributed by atoms with Crippen LogP contribution in [0.5, 0.6) is 5.75 Å². The van der Waals surface area contributed by atoms with Crippen LogP contribution in [-0.2, 0) is 4.74 Å². The minimum atomic E-state index is -0.365. The summed E-state index contributed by atoms with van der Waals surface area (Å²) < 4.78 is 6.16. The van der Waals surface area contributed by atoms with Crippen molar-refractivity contribution in [3.8, 4) is 5.75 Å². The maximum atomic E-state index is 12.0. The second-order valence-electron chi connectivity index (χ2n) is 5.81. The van der Waals surface area contributed by atoms with Crippen molar-refractivity contribution in [3.05, 3.63) is 39.8 Å². The van der Waals surface area contributed by atoms with Crippen LogP contribution in [0.15, 0.2) is 28.7 Å². The highest BCUT2D eigenvalue weighted by molar-refractivity contribution is 5.31. The Kier molecular flexibility index (Phi) is 4.33. The molecule has 1 aliphatic rings. The zero-order chi connectivity index (χ0) is 14.9. The van der Waals surface area contributed by atoms with Crippen LogP contribution in [0.2, 0.25) is 0 Å². The Hall–Kier alpha value is -1.55. The van der Waals surface area contributed by atoms with E-state index in [-0.39, 0.29) is 29.4 Å². The SMILES string of the molecule is C/C=C(\C)[C@H]1O[C@@H](c2c(O)cc[nH]c2=O)[C@@H](C)C[C@H]1C. The number of allylic oxidation sites excluding steroid dienone is 1. The van der Waals surface area contributed by atoms with Crippen LogP contribution in [0.3, 0.4) is 0 Å². The lowest BCUT2D eigenvalue weighted by atomic mass is 9.81. The van der Waals surface area contributed by atoms with E-state index in [9.17, 15) is 9.90 Å². The number of ether oxygens (including phenoxy) is 1. The van der Waals surface area contributed by atoms with Crippen LogP contribution in [0.4, 0.5) is 0 Å². The third-order valence-corrected chi connectivity index (χ3v) is 4.24. The largest absolute Gasteiger partial charge is 0.507 e. The standard InChI is InChI=1S/C16H23NO3/c1-5-9(2)14-10(3)8-11(4)15(20-14)13-12(18)6-7-17-16(13)19/h5-7,10-11,14-15H,8H2,1-4H3,(H2,17,18,19)/b9-5+/t10-,11+,14-,15-/m1/s1. The van der Waals surface area contributed by atoms with Crippen molar-refractivity contribution in [1.29, 1.82) is 0 Å². The van der Waals surface area contributed by atoms with Gasteiger partial charge >= 0.3 is 0 Å². The maximum absolute atomic E-state index is 12.0. The van der Waals surface area contributed by atoms with E-state index >= 15 is 0 Å². The molecule has 110 valence electrons. The van der Waals surface area contributed by atoms with Gasteiger partial charge in [0.15, 0.2) is 0 Å². The number of hydrogen-bond donors (Lipinski definition) is 2. The van der Waals surface area contributed by atoms with Crippen molar-refractivity contribution in [2.75, 3.05) is 0 Å². The quantitative estimate of drug-likeness (QED) is 0.816. The summed E-state index contributed by atoms with van der Waals surface area (Å²) in [7, 11) is 0. The van der Waals surface area contributed by atoms with Crippen LogP contribution in [-0.4, -0.2) is 16.2 Å². The molecule has 0 saturated carbocycles. The molecule has 1 aromatic rings. The van der Waals surface area contributed by atoms with Crippen LogP contribution in [0, 0.1) is 11.8 Å². The molecule has 0 aromatic carbocycles. The number of aromatic amines is 1. The summed E-state index contributed by atoms with van der Waals surface area (Å²) in [4.78, 5) is 14.6. The van der Waals surface area contributed by atoms with Gasteiger partial charge in [-0.3, -0.25) is 4.79 Å². The monoisotopic (exact) mass is 277 g/mol. The lowest BCUT2D eigenvalue weighted by Gasteiger charge is -2.39. The molecule has 4 atom stereocenters. The highest BCUT2D eigenvalue weighted by Crippen LogP contribution is 2.41. The Morgan fingerprint density at radius 1 is 1.45 bits per heavy atom. The zero-order valence-corrected chi connectivity index (χ0v) is 12.5.